The summed E-state index contributed by atoms with van der Waals surface area (Å²) in [4.78, 5) is 15.7. The van der Waals surface area contributed by atoms with E-state index in [-0.39, 0.29) is 11.7 Å². The first kappa shape index (κ1) is 21.6. The molecule has 1 saturated heterocycles. The van der Waals surface area contributed by atoms with Gasteiger partial charge in [-0.1, -0.05) is 31.7 Å². The molecule has 0 spiro atoms. The summed E-state index contributed by atoms with van der Waals surface area (Å²) >= 11 is 0. The van der Waals surface area contributed by atoms with Gasteiger partial charge in [-0.25, -0.2) is 12.7 Å². The van der Waals surface area contributed by atoms with Crippen LogP contribution >= 0.6 is 0 Å². The number of amides is 1. The molecule has 2 heterocycles. The van der Waals surface area contributed by atoms with Crippen LogP contribution in [0.5, 0.6) is 0 Å². The van der Waals surface area contributed by atoms with Gasteiger partial charge in [0.15, 0.2) is 0 Å². The van der Waals surface area contributed by atoms with Crippen molar-refractivity contribution < 1.29 is 13.2 Å². The third-order valence-corrected chi connectivity index (χ3v) is 6.65. The predicted octanol–water partition coefficient (Wildman–Crippen LogP) is 2.98. The van der Waals surface area contributed by atoms with Crippen LogP contribution in [0.3, 0.4) is 0 Å². The van der Waals surface area contributed by atoms with Crippen LogP contribution in [0.15, 0.2) is 30.6 Å². The zero-order valence-corrected chi connectivity index (χ0v) is 16.8. The Balaban J connectivity index is 1.54. The van der Waals surface area contributed by atoms with Gasteiger partial charge in [-0.15, -0.1) is 0 Å². The largest absolute Gasteiger partial charge is 0.353 e. The number of sulfonamides is 1. The third-order valence-electron chi connectivity index (χ3n) is 4.70. The highest BCUT2D eigenvalue weighted by atomic mass is 32.2. The minimum atomic E-state index is -3.10. The number of rotatable bonds is 10. The third kappa shape index (κ3) is 8.67. The fourth-order valence-electron chi connectivity index (χ4n) is 3.13. The Bertz CT molecular complexity index is 682. The van der Waals surface area contributed by atoms with E-state index < -0.39 is 10.0 Å². The molecule has 150 valence electrons. The number of hydrogen-bond acceptors (Lipinski definition) is 4. The van der Waals surface area contributed by atoms with Crippen molar-refractivity contribution in [2.75, 3.05) is 25.4 Å². The van der Waals surface area contributed by atoms with Crippen LogP contribution in [0.4, 0.5) is 0 Å². The van der Waals surface area contributed by atoms with Crippen molar-refractivity contribution in [3.05, 3.63) is 36.2 Å². The van der Waals surface area contributed by atoms with Crippen molar-refractivity contribution in [2.45, 2.75) is 51.4 Å². The first-order valence-corrected chi connectivity index (χ1v) is 11.5. The minimum absolute atomic E-state index is 0.123. The lowest BCUT2D eigenvalue weighted by atomic mass is 10.2. The van der Waals surface area contributed by atoms with Crippen LogP contribution in [-0.4, -0.2) is 49.0 Å². The van der Waals surface area contributed by atoms with Gasteiger partial charge in [0.25, 0.3) is 0 Å². The molecular formula is C20H31N3O3S. The van der Waals surface area contributed by atoms with Crippen molar-refractivity contribution >= 4 is 22.0 Å². The summed E-state index contributed by atoms with van der Waals surface area (Å²) < 4.78 is 26.4. The molecule has 0 unspecified atom stereocenters. The number of aromatic nitrogens is 1. The highest BCUT2D eigenvalue weighted by molar-refractivity contribution is 7.89. The molecule has 1 aromatic heterocycles. The fourth-order valence-corrected chi connectivity index (χ4v) is 4.77. The second-order valence-electron chi connectivity index (χ2n) is 6.95. The molecule has 1 aromatic rings. The highest BCUT2D eigenvalue weighted by Crippen LogP contribution is 2.15. The maximum absolute atomic E-state index is 12.4. The second kappa shape index (κ2) is 11.9. The maximum atomic E-state index is 12.4. The van der Waals surface area contributed by atoms with Crippen molar-refractivity contribution in [3.8, 4) is 0 Å². The predicted molar refractivity (Wildman–Crippen MR) is 109 cm³/mol. The molecule has 1 N–H and O–H groups in total. The lowest BCUT2D eigenvalue weighted by Crippen LogP contribution is -2.33. The number of carbonyl (C=O) groups excluding carboxylic acids is 1. The summed E-state index contributed by atoms with van der Waals surface area (Å²) in [5.41, 5.74) is 0.887. The molecule has 0 aliphatic carbocycles. The lowest BCUT2D eigenvalue weighted by Gasteiger charge is -2.19. The van der Waals surface area contributed by atoms with Crippen molar-refractivity contribution in [3.63, 3.8) is 0 Å². The molecule has 1 amide bonds. The highest BCUT2D eigenvalue weighted by Gasteiger charge is 2.22. The van der Waals surface area contributed by atoms with E-state index in [1.807, 2.05) is 12.1 Å². The van der Waals surface area contributed by atoms with Gasteiger partial charge in [0.1, 0.15) is 0 Å². The van der Waals surface area contributed by atoms with Gasteiger partial charge in [-0.2, -0.15) is 0 Å². The Morgan fingerprint density at radius 3 is 2.56 bits per heavy atom. The van der Waals surface area contributed by atoms with Crippen LogP contribution in [0.2, 0.25) is 0 Å². The number of hydrogen-bond donors (Lipinski definition) is 1. The van der Waals surface area contributed by atoms with E-state index in [9.17, 15) is 13.2 Å². The van der Waals surface area contributed by atoms with Crippen molar-refractivity contribution in [1.82, 2.24) is 14.6 Å². The molecule has 0 aromatic carbocycles. The zero-order chi connectivity index (χ0) is 19.4. The molecular weight excluding hydrogens is 362 g/mol. The SMILES string of the molecule is O=C(/C=C/c1cccnc1)NCCCCCCS(=O)(=O)N1CCCCCC1. The summed E-state index contributed by atoms with van der Waals surface area (Å²) in [6, 6.07) is 3.71. The molecule has 1 aliphatic heterocycles. The number of nitrogens with one attached hydrogen (secondary N) is 1. The van der Waals surface area contributed by atoms with E-state index >= 15 is 0 Å². The Morgan fingerprint density at radius 1 is 1.11 bits per heavy atom. The quantitative estimate of drug-likeness (QED) is 0.490. The van der Waals surface area contributed by atoms with E-state index in [2.05, 4.69) is 10.3 Å². The first-order valence-electron chi connectivity index (χ1n) is 9.92. The van der Waals surface area contributed by atoms with Gasteiger partial charge >= 0.3 is 0 Å². The normalized spacial score (nSPS) is 16.3. The number of pyridine rings is 1. The van der Waals surface area contributed by atoms with E-state index in [1.165, 1.54) is 6.08 Å². The average molecular weight is 394 g/mol. The lowest BCUT2D eigenvalue weighted by molar-refractivity contribution is -0.116. The molecule has 7 heteroatoms. The van der Waals surface area contributed by atoms with Crippen molar-refractivity contribution in [2.24, 2.45) is 0 Å². The number of unbranched alkanes of at least 4 members (excludes halogenated alkanes) is 3. The Labute approximate surface area is 163 Å². The van der Waals surface area contributed by atoms with Gasteiger partial charge in [0, 0.05) is 38.1 Å². The van der Waals surface area contributed by atoms with Crippen molar-refractivity contribution in [1.29, 1.82) is 0 Å². The molecule has 2 rings (SSSR count). The van der Waals surface area contributed by atoms with Gasteiger partial charge in [-0.05, 0) is 43.4 Å². The van der Waals surface area contributed by atoms with Gasteiger partial charge in [0.2, 0.25) is 15.9 Å². The smallest absolute Gasteiger partial charge is 0.243 e. The van der Waals surface area contributed by atoms with Gasteiger partial charge in [0.05, 0.1) is 5.75 Å². The van der Waals surface area contributed by atoms with E-state index in [0.717, 1.165) is 50.5 Å². The van der Waals surface area contributed by atoms with E-state index in [4.69, 9.17) is 0 Å². The van der Waals surface area contributed by atoms with Crippen LogP contribution in [0.25, 0.3) is 6.08 Å². The first-order chi connectivity index (χ1) is 13.1. The molecule has 27 heavy (non-hydrogen) atoms. The van der Waals surface area contributed by atoms with Crippen LogP contribution in [-0.2, 0) is 14.8 Å². The van der Waals surface area contributed by atoms with E-state index in [1.54, 1.807) is 22.8 Å². The molecule has 0 radical (unpaired) electrons. The summed E-state index contributed by atoms with van der Waals surface area (Å²) in [5.74, 6) is 0.121. The Kier molecular flexibility index (Phi) is 9.48. The standard InChI is InChI=1S/C20H31N3O3S/c24-20(12-11-19-10-9-13-21-18-19)22-14-5-1-4-8-17-27(25,26)23-15-6-2-3-7-16-23/h9-13,18H,1-8,14-17H2,(H,22,24)/b12-11+. The summed E-state index contributed by atoms with van der Waals surface area (Å²) in [6.45, 7) is 1.97. The molecule has 1 aliphatic rings. The van der Waals surface area contributed by atoms with Gasteiger partial charge < -0.3 is 5.32 Å². The molecule has 0 saturated carbocycles. The molecule has 1 fully saturated rings. The topological polar surface area (TPSA) is 79.4 Å². The number of carbonyl (C=O) groups is 1. The molecule has 6 nitrogen and oxygen atoms in total. The minimum Gasteiger partial charge on any atom is -0.353 e. The van der Waals surface area contributed by atoms with Crippen LogP contribution in [0, 0.1) is 0 Å². The average Bonchev–Trinajstić information content (AvgIpc) is 2.96. The Hall–Kier alpha value is -1.73. The second-order valence-corrected chi connectivity index (χ2v) is 9.04. The molecule has 0 atom stereocenters. The Morgan fingerprint density at radius 2 is 1.85 bits per heavy atom. The van der Waals surface area contributed by atoms with Crippen LogP contribution < -0.4 is 5.32 Å². The summed E-state index contributed by atoms with van der Waals surface area (Å²) in [6.07, 6.45) is 14.2. The zero-order valence-electron chi connectivity index (χ0n) is 16.0. The summed E-state index contributed by atoms with van der Waals surface area (Å²) in [5, 5.41) is 2.85. The maximum Gasteiger partial charge on any atom is 0.243 e. The fraction of sp³-hybridized carbons (Fsp3) is 0.600. The molecule has 0 bridgehead atoms. The summed E-state index contributed by atoms with van der Waals surface area (Å²) in [7, 11) is -3.10. The monoisotopic (exact) mass is 393 g/mol. The van der Waals surface area contributed by atoms with E-state index in [0.29, 0.717) is 26.1 Å². The number of nitrogens with zero attached hydrogens (tertiary/aromatic N) is 2. The van der Waals surface area contributed by atoms with Gasteiger partial charge in [-0.3, -0.25) is 9.78 Å². The van der Waals surface area contributed by atoms with Crippen LogP contribution in [0.1, 0.15) is 56.9 Å².